The summed E-state index contributed by atoms with van der Waals surface area (Å²) in [5.74, 6) is -0.330. The predicted octanol–water partition coefficient (Wildman–Crippen LogP) is 1.57. The van der Waals surface area contributed by atoms with Crippen molar-refractivity contribution in [3.63, 3.8) is 0 Å². The molecule has 7 nitrogen and oxygen atoms in total. The molecule has 4 rings (SSSR count). The lowest BCUT2D eigenvalue weighted by atomic mass is 9.92. The van der Waals surface area contributed by atoms with E-state index in [4.69, 9.17) is 4.74 Å². The molecular formula is C18H22N4O3. The van der Waals surface area contributed by atoms with Crippen molar-refractivity contribution in [2.24, 2.45) is 13.0 Å². The zero-order valence-corrected chi connectivity index (χ0v) is 14.3. The Morgan fingerprint density at radius 3 is 3.00 bits per heavy atom. The number of nitrogens with zero attached hydrogens (tertiary/aromatic N) is 4. The number of aromatic nitrogens is 3. The highest BCUT2D eigenvalue weighted by Crippen LogP contribution is 2.30. The lowest BCUT2D eigenvalue weighted by molar-refractivity contribution is 0.0695. The average Bonchev–Trinajstić information content (AvgIpc) is 3.25. The lowest BCUT2D eigenvalue weighted by Gasteiger charge is -2.31. The number of carboxylic acids is 1. The summed E-state index contributed by atoms with van der Waals surface area (Å²) in [6.07, 6.45) is 7.15. The van der Waals surface area contributed by atoms with E-state index in [-0.39, 0.29) is 0 Å². The summed E-state index contributed by atoms with van der Waals surface area (Å²) in [5, 5.41) is 13.9. The standard InChI is InChI=1S/C18H22N4O3/c1-21-9-14(7-20-21)17-16(18(23)24)15-2-4-22(10-13(15)6-19-17)8-12-3-5-25-11-12/h6-7,9,12H,2-5,8,10-11H2,1H3,(H,23,24). The number of fused-ring (bicyclic) bond motifs is 1. The molecule has 7 heteroatoms. The van der Waals surface area contributed by atoms with Crippen molar-refractivity contribution < 1.29 is 14.6 Å². The molecule has 0 radical (unpaired) electrons. The number of hydrogen-bond acceptors (Lipinski definition) is 5. The van der Waals surface area contributed by atoms with Crippen LogP contribution >= 0.6 is 0 Å². The molecule has 2 aromatic rings. The van der Waals surface area contributed by atoms with E-state index in [9.17, 15) is 9.90 Å². The summed E-state index contributed by atoms with van der Waals surface area (Å²) >= 11 is 0. The maximum Gasteiger partial charge on any atom is 0.338 e. The number of hydrogen-bond donors (Lipinski definition) is 1. The van der Waals surface area contributed by atoms with Crippen LogP contribution in [0, 0.1) is 5.92 Å². The molecule has 0 spiro atoms. The van der Waals surface area contributed by atoms with Crippen LogP contribution < -0.4 is 0 Å². The summed E-state index contributed by atoms with van der Waals surface area (Å²) in [6.45, 7) is 4.33. The molecule has 0 aromatic carbocycles. The normalized spacial score (nSPS) is 20.6. The van der Waals surface area contributed by atoms with Gasteiger partial charge >= 0.3 is 5.97 Å². The number of rotatable bonds is 4. The first-order valence-electron chi connectivity index (χ1n) is 8.65. The van der Waals surface area contributed by atoms with Crippen molar-refractivity contribution in [2.45, 2.75) is 19.4 Å². The molecule has 2 aliphatic heterocycles. The molecule has 0 saturated carbocycles. The largest absolute Gasteiger partial charge is 0.478 e. The molecule has 1 fully saturated rings. The van der Waals surface area contributed by atoms with Gasteiger partial charge in [-0.25, -0.2) is 4.79 Å². The Hall–Kier alpha value is -2.25. The van der Waals surface area contributed by atoms with Crippen LogP contribution in [0.5, 0.6) is 0 Å². The first-order chi connectivity index (χ1) is 12.1. The molecule has 1 unspecified atom stereocenters. The van der Waals surface area contributed by atoms with E-state index in [1.54, 1.807) is 17.1 Å². The van der Waals surface area contributed by atoms with E-state index in [0.29, 0.717) is 17.2 Å². The maximum absolute atomic E-state index is 11.9. The minimum Gasteiger partial charge on any atom is -0.478 e. The molecule has 1 atom stereocenters. The predicted molar refractivity (Wildman–Crippen MR) is 91.3 cm³/mol. The maximum atomic E-state index is 11.9. The lowest BCUT2D eigenvalue weighted by Crippen LogP contribution is -2.35. The fraction of sp³-hybridized carbons (Fsp3) is 0.500. The minimum absolute atomic E-state index is 0.328. The summed E-state index contributed by atoms with van der Waals surface area (Å²) in [5.41, 5.74) is 3.52. The SMILES string of the molecule is Cn1cc(-c2ncc3c(c2C(=O)O)CCN(CC2CCOC2)C3)cn1. The first-order valence-corrected chi connectivity index (χ1v) is 8.65. The molecule has 2 aliphatic rings. The second-order valence-corrected chi connectivity index (χ2v) is 6.91. The molecule has 0 aliphatic carbocycles. The summed E-state index contributed by atoms with van der Waals surface area (Å²) in [6, 6.07) is 0. The molecule has 4 heterocycles. The Morgan fingerprint density at radius 2 is 2.32 bits per heavy atom. The fourth-order valence-electron chi connectivity index (χ4n) is 3.84. The number of aryl methyl sites for hydroxylation is 1. The van der Waals surface area contributed by atoms with Crippen LogP contribution in [0.15, 0.2) is 18.6 Å². The molecular weight excluding hydrogens is 320 g/mol. The van der Waals surface area contributed by atoms with Crippen LogP contribution in [0.4, 0.5) is 0 Å². The van der Waals surface area contributed by atoms with Gasteiger partial charge in [-0.3, -0.25) is 14.6 Å². The molecule has 25 heavy (non-hydrogen) atoms. The molecule has 132 valence electrons. The van der Waals surface area contributed by atoms with Gasteiger partial charge in [0.05, 0.1) is 24.1 Å². The first kappa shape index (κ1) is 16.2. The molecule has 1 saturated heterocycles. The zero-order valence-electron chi connectivity index (χ0n) is 14.3. The van der Waals surface area contributed by atoms with E-state index in [2.05, 4.69) is 15.0 Å². The van der Waals surface area contributed by atoms with Crippen molar-refractivity contribution in [1.82, 2.24) is 19.7 Å². The summed E-state index contributed by atoms with van der Waals surface area (Å²) < 4.78 is 7.12. The van der Waals surface area contributed by atoms with E-state index >= 15 is 0 Å². The second-order valence-electron chi connectivity index (χ2n) is 6.91. The van der Waals surface area contributed by atoms with E-state index in [1.807, 2.05) is 13.2 Å². The van der Waals surface area contributed by atoms with Gasteiger partial charge in [-0.1, -0.05) is 0 Å². The van der Waals surface area contributed by atoms with E-state index in [1.165, 1.54) is 0 Å². The number of aromatic carboxylic acids is 1. The molecule has 0 amide bonds. The van der Waals surface area contributed by atoms with Crippen LogP contribution in [0.2, 0.25) is 0 Å². The van der Waals surface area contributed by atoms with Crippen molar-refractivity contribution in [1.29, 1.82) is 0 Å². The smallest absolute Gasteiger partial charge is 0.338 e. The number of carboxylic acid groups (broad SMARTS) is 1. The average molecular weight is 342 g/mol. The van der Waals surface area contributed by atoms with Gasteiger partial charge in [-0.2, -0.15) is 5.10 Å². The van der Waals surface area contributed by atoms with Crippen molar-refractivity contribution in [3.05, 3.63) is 35.3 Å². The highest BCUT2D eigenvalue weighted by Gasteiger charge is 2.28. The van der Waals surface area contributed by atoms with Crippen LogP contribution in [0.3, 0.4) is 0 Å². The van der Waals surface area contributed by atoms with Crippen LogP contribution in [-0.4, -0.2) is 57.0 Å². The molecule has 1 N–H and O–H groups in total. The van der Waals surface area contributed by atoms with E-state index < -0.39 is 5.97 Å². The monoisotopic (exact) mass is 342 g/mol. The van der Waals surface area contributed by atoms with E-state index in [0.717, 1.165) is 62.4 Å². The van der Waals surface area contributed by atoms with Crippen LogP contribution in [0.1, 0.15) is 27.9 Å². The minimum atomic E-state index is -0.916. The van der Waals surface area contributed by atoms with Crippen molar-refractivity contribution in [2.75, 3.05) is 26.3 Å². The van der Waals surface area contributed by atoms with Crippen LogP contribution in [-0.2, 0) is 24.8 Å². The Kier molecular flexibility index (Phi) is 4.27. The van der Waals surface area contributed by atoms with Gasteiger partial charge in [0.25, 0.3) is 0 Å². The highest BCUT2D eigenvalue weighted by molar-refractivity contribution is 5.96. The number of pyridine rings is 1. The van der Waals surface area contributed by atoms with Crippen LogP contribution in [0.25, 0.3) is 11.3 Å². The summed E-state index contributed by atoms with van der Waals surface area (Å²) in [7, 11) is 1.81. The Labute approximate surface area is 146 Å². The highest BCUT2D eigenvalue weighted by atomic mass is 16.5. The third-order valence-corrected chi connectivity index (χ3v) is 5.08. The summed E-state index contributed by atoms with van der Waals surface area (Å²) in [4.78, 5) is 18.8. The Morgan fingerprint density at radius 1 is 1.44 bits per heavy atom. The second kappa shape index (κ2) is 6.57. The van der Waals surface area contributed by atoms with Gasteiger partial charge in [0.15, 0.2) is 0 Å². The topological polar surface area (TPSA) is 80.5 Å². The third kappa shape index (κ3) is 3.17. The molecule has 0 bridgehead atoms. The Balaban J connectivity index is 1.64. The van der Waals surface area contributed by atoms with Gasteiger partial charge in [0, 0.05) is 51.2 Å². The quantitative estimate of drug-likeness (QED) is 0.908. The Bertz CT molecular complexity index is 796. The number of carbonyl (C=O) groups is 1. The fourth-order valence-corrected chi connectivity index (χ4v) is 3.84. The number of ether oxygens (including phenoxy) is 1. The van der Waals surface area contributed by atoms with Gasteiger partial charge in [-0.05, 0) is 29.9 Å². The van der Waals surface area contributed by atoms with Crippen molar-refractivity contribution in [3.8, 4) is 11.3 Å². The van der Waals surface area contributed by atoms with Gasteiger partial charge in [0.2, 0.25) is 0 Å². The molecule has 2 aromatic heterocycles. The zero-order chi connectivity index (χ0) is 17.4. The van der Waals surface area contributed by atoms with Gasteiger partial charge in [-0.15, -0.1) is 0 Å². The van der Waals surface area contributed by atoms with Gasteiger partial charge < -0.3 is 9.84 Å². The van der Waals surface area contributed by atoms with Gasteiger partial charge in [0.1, 0.15) is 0 Å². The van der Waals surface area contributed by atoms with Crippen molar-refractivity contribution >= 4 is 5.97 Å². The third-order valence-electron chi connectivity index (χ3n) is 5.08.